The van der Waals surface area contributed by atoms with Crippen molar-refractivity contribution in [2.45, 2.75) is 12.8 Å². The Labute approximate surface area is 83.2 Å². The van der Waals surface area contributed by atoms with Gasteiger partial charge >= 0.3 is 13.8 Å². The largest absolute Gasteiger partial charge is 0.469 e. The second-order valence-electron chi connectivity index (χ2n) is 2.27. The van der Waals surface area contributed by atoms with Gasteiger partial charge in [0.05, 0.1) is 14.6 Å². The van der Waals surface area contributed by atoms with Crippen molar-refractivity contribution in [3.8, 4) is 0 Å². The zero-order chi connectivity index (χ0) is 11.9. The van der Waals surface area contributed by atoms with Crippen LogP contribution >= 0.6 is 7.82 Å². The van der Waals surface area contributed by atoms with Gasteiger partial charge in [-0.05, 0) is 12.8 Å². The number of phosphoric ester groups is 1. The van der Waals surface area contributed by atoms with Crippen molar-refractivity contribution >= 4 is 13.8 Å². The molecule has 0 aliphatic carbocycles. The van der Waals surface area contributed by atoms with E-state index in [9.17, 15) is 9.36 Å². The third kappa shape index (κ3) is 9.41. The van der Waals surface area contributed by atoms with E-state index in [-0.39, 0.29) is 19.4 Å². The van der Waals surface area contributed by atoms with Crippen molar-refractivity contribution in [3.63, 3.8) is 0 Å². The first kappa shape index (κ1) is 11.4. The molecule has 1 unspecified atom stereocenters. The Bertz CT molecular complexity index is 262. The van der Waals surface area contributed by atoms with Crippen LogP contribution in [0.15, 0.2) is 12.7 Å². The number of hydrogen-bond donors (Lipinski definition) is 2. The van der Waals surface area contributed by atoms with Crippen LogP contribution in [0.25, 0.3) is 0 Å². The lowest BCUT2D eigenvalue weighted by Crippen LogP contribution is -2.03. The molecule has 0 radical (unpaired) electrons. The second-order valence-corrected chi connectivity index (χ2v) is 3.51. The summed E-state index contributed by atoms with van der Waals surface area (Å²) in [5, 5.41) is 0. The van der Waals surface area contributed by atoms with Gasteiger partial charge in [-0.15, -0.1) is 0 Å². The van der Waals surface area contributed by atoms with E-state index in [0.717, 1.165) is 6.08 Å². The highest BCUT2D eigenvalue weighted by Gasteiger charge is 2.12. The molecule has 0 bridgehead atoms. The van der Waals surface area contributed by atoms with Crippen molar-refractivity contribution in [1.82, 2.24) is 0 Å². The molecule has 0 fully saturated rings. The van der Waals surface area contributed by atoms with E-state index in [0.29, 0.717) is 0 Å². The summed E-state index contributed by atoms with van der Waals surface area (Å²) in [7, 11) is -4.44. The molecule has 2 N–H and O–H groups in total. The van der Waals surface area contributed by atoms with Crippen LogP contribution in [0.1, 0.15) is 14.2 Å². The van der Waals surface area contributed by atoms with Gasteiger partial charge < -0.3 is 14.5 Å². The average Bonchev–Trinajstić information content (AvgIpc) is 2.11. The fraction of sp³-hybridized carbons (Fsp3) is 0.571. The zero-order valence-corrected chi connectivity index (χ0v) is 8.35. The van der Waals surface area contributed by atoms with Crippen molar-refractivity contribution in [3.05, 3.63) is 12.7 Å². The minimum Gasteiger partial charge on any atom is -0.463 e. The zero-order valence-electron chi connectivity index (χ0n) is 8.46. The Morgan fingerprint density at radius 2 is 2.21 bits per heavy atom. The molecular formula is C7H13O6P. The Kier molecular flexibility index (Phi) is 5.47. The molecule has 7 heteroatoms. The summed E-state index contributed by atoms with van der Waals surface area (Å²) in [6.07, 6.45) is 1.29. The molecule has 0 heterocycles. The molecule has 0 amide bonds. The maximum atomic E-state index is 10.6. The van der Waals surface area contributed by atoms with Crippen molar-refractivity contribution in [2.75, 3.05) is 13.2 Å². The first-order valence-corrected chi connectivity index (χ1v) is 5.33. The normalized spacial score (nSPS) is 14.3. The fourth-order valence-electron chi connectivity index (χ4n) is 0.539. The smallest absolute Gasteiger partial charge is 0.463 e. The van der Waals surface area contributed by atoms with Crippen LogP contribution in [-0.2, 0) is 18.6 Å². The van der Waals surface area contributed by atoms with Crippen LogP contribution in [0.2, 0.25) is 0 Å². The molecule has 0 saturated heterocycles. The monoisotopic (exact) mass is 225 g/mol. The molecule has 0 spiro atoms. The molecule has 6 nitrogen and oxygen atoms in total. The van der Waals surface area contributed by atoms with Crippen LogP contribution in [0.3, 0.4) is 0 Å². The Morgan fingerprint density at radius 3 is 2.71 bits per heavy atom. The Morgan fingerprint density at radius 1 is 1.57 bits per heavy atom. The van der Waals surface area contributed by atoms with Gasteiger partial charge in [-0.25, -0.2) is 9.36 Å². The summed E-state index contributed by atoms with van der Waals surface area (Å²) < 4.78 is 26.1. The average molecular weight is 225 g/mol. The highest BCUT2D eigenvalue weighted by molar-refractivity contribution is 7.46. The van der Waals surface area contributed by atoms with E-state index in [1.807, 2.05) is 0 Å². The van der Waals surface area contributed by atoms with Gasteiger partial charge in [-0.2, -0.15) is 0 Å². The molecule has 0 aliphatic heterocycles. The number of hydrogen-bond acceptors (Lipinski definition) is 4. The minimum atomic E-state index is -4.44. The summed E-state index contributed by atoms with van der Waals surface area (Å²) in [5.74, 6) is -0.703. The lowest BCUT2D eigenvalue weighted by Gasteiger charge is -2.04. The maximum absolute atomic E-state index is 10.6. The number of carbonyl (C=O) groups is 1. The van der Waals surface area contributed by atoms with Gasteiger partial charge in [-0.1, -0.05) is 6.58 Å². The molecule has 0 aromatic rings. The standard InChI is InChI=1S/C7H13O6P/c1-2-7(8)12-5-3-4-6-13-14(9,10)11/h2H,1,3-6H2,(H2,9,10,11)/i5D. The lowest BCUT2D eigenvalue weighted by atomic mass is 10.3. The Hall–Kier alpha value is -0.680. The molecular weight excluding hydrogens is 211 g/mol. The molecule has 0 aliphatic rings. The highest BCUT2D eigenvalue weighted by atomic mass is 31.2. The predicted molar refractivity (Wildman–Crippen MR) is 48.4 cm³/mol. The second kappa shape index (κ2) is 6.73. The third-order valence-corrected chi connectivity index (χ3v) is 1.61. The van der Waals surface area contributed by atoms with Crippen molar-refractivity contribution in [1.29, 1.82) is 0 Å². The quantitative estimate of drug-likeness (QED) is 0.285. The molecule has 0 saturated carbocycles. The van der Waals surface area contributed by atoms with Crippen LogP contribution in [0, 0.1) is 0 Å². The Balaban J connectivity index is 3.55. The maximum Gasteiger partial charge on any atom is 0.469 e. The van der Waals surface area contributed by atoms with Gasteiger partial charge in [0.15, 0.2) is 0 Å². The van der Waals surface area contributed by atoms with E-state index in [2.05, 4.69) is 15.8 Å². The lowest BCUT2D eigenvalue weighted by molar-refractivity contribution is -0.137. The molecule has 1 atom stereocenters. The number of ether oxygens (including phenoxy) is 1. The highest BCUT2D eigenvalue weighted by Crippen LogP contribution is 2.35. The van der Waals surface area contributed by atoms with Crippen molar-refractivity contribution < 1.29 is 29.8 Å². The number of phosphoric acid groups is 1. The SMILES string of the molecule is [2H]C(CCCOP(=O)(O)O)OC(=O)C=C. The molecule has 14 heavy (non-hydrogen) atoms. The number of rotatable bonds is 7. The topological polar surface area (TPSA) is 93.1 Å². The first-order chi connectivity index (χ1) is 6.85. The van der Waals surface area contributed by atoms with Gasteiger partial charge in [0.25, 0.3) is 0 Å². The van der Waals surface area contributed by atoms with Crippen LogP contribution < -0.4 is 0 Å². The van der Waals surface area contributed by atoms with E-state index >= 15 is 0 Å². The van der Waals surface area contributed by atoms with Gasteiger partial charge in [0.2, 0.25) is 0 Å². The van der Waals surface area contributed by atoms with E-state index in [4.69, 9.17) is 11.2 Å². The molecule has 82 valence electrons. The van der Waals surface area contributed by atoms with E-state index < -0.39 is 20.4 Å². The summed E-state index contributed by atoms with van der Waals surface area (Å²) >= 11 is 0. The summed E-state index contributed by atoms with van der Waals surface area (Å²) in [6, 6.07) is 0. The number of esters is 1. The van der Waals surface area contributed by atoms with E-state index in [1.54, 1.807) is 0 Å². The predicted octanol–water partition coefficient (Wildman–Crippen LogP) is 0.605. The summed E-state index contributed by atoms with van der Waals surface area (Å²) in [4.78, 5) is 27.2. The van der Waals surface area contributed by atoms with Crippen LogP contribution in [0.5, 0.6) is 0 Å². The number of carbonyl (C=O) groups excluding carboxylic acids is 1. The van der Waals surface area contributed by atoms with Crippen LogP contribution in [0.4, 0.5) is 0 Å². The van der Waals surface area contributed by atoms with E-state index in [1.165, 1.54) is 0 Å². The first-order valence-electron chi connectivity index (χ1n) is 4.38. The van der Waals surface area contributed by atoms with Gasteiger partial charge in [0, 0.05) is 6.08 Å². The molecule has 0 rings (SSSR count). The summed E-state index contributed by atoms with van der Waals surface area (Å²) in [5.41, 5.74) is 0. The van der Waals surface area contributed by atoms with Gasteiger partial charge in [0.1, 0.15) is 0 Å². The molecule has 0 aromatic heterocycles. The van der Waals surface area contributed by atoms with Gasteiger partial charge in [-0.3, -0.25) is 4.52 Å². The van der Waals surface area contributed by atoms with Crippen LogP contribution in [-0.4, -0.2) is 28.9 Å². The fourth-order valence-corrected chi connectivity index (χ4v) is 0.906. The third-order valence-electron chi connectivity index (χ3n) is 1.09. The molecule has 0 aromatic carbocycles. The summed E-state index contributed by atoms with van der Waals surface area (Å²) in [6.45, 7) is 1.89. The minimum absolute atomic E-state index is 0.138. The van der Waals surface area contributed by atoms with Crippen molar-refractivity contribution in [2.24, 2.45) is 0 Å².